The van der Waals surface area contributed by atoms with E-state index in [0.29, 0.717) is 5.56 Å². The number of ether oxygens (including phenoxy) is 1. The number of hydroxylamine groups is 4. The minimum Gasteiger partial charge on any atom is -0.457 e. The van der Waals surface area contributed by atoms with Crippen LogP contribution in [-0.4, -0.2) is 38.3 Å². The first kappa shape index (κ1) is 32.7. The Morgan fingerprint density at radius 1 is 0.643 bits per heavy atom. The quantitative estimate of drug-likeness (QED) is 0.277. The van der Waals surface area contributed by atoms with E-state index in [-0.39, 0.29) is 46.9 Å². The summed E-state index contributed by atoms with van der Waals surface area (Å²) < 4.78 is 5.65. The molecule has 2 saturated heterocycles. The number of benzene rings is 2. The lowest BCUT2D eigenvalue weighted by molar-refractivity contribution is -0.304. The van der Waals surface area contributed by atoms with E-state index < -0.39 is 0 Å². The predicted octanol–water partition coefficient (Wildman–Crippen LogP) is 9.12. The minimum absolute atomic E-state index is 0.00539. The van der Waals surface area contributed by atoms with Crippen molar-refractivity contribution in [3.63, 3.8) is 0 Å². The van der Waals surface area contributed by atoms with Crippen molar-refractivity contribution >= 4 is 5.97 Å². The summed E-state index contributed by atoms with van der Waals surface area (Å²) in [6.45, 7) is 22.4. The zero-order valence-electron chi connectivity index (χ0n) is 27.8. The molecule has 2 fully saturated rings. The number of nitrogens with zero attached hydrogens (tertiary/aromatic N) is 2. The van der Waals surface area contributed by atoms with E-state index in [0.717, 1.165) is 42.4 Å². The molecule has 232 valence electrons. The minimum atomic E-state index is -0.330. The summed E-state index contributed by atoms with van der Waals surface area (Å²) in [5.74, 6) is -0.330. The fraction of sp³-hybridized carbons (Fsp3) is 0.639. The van der Waals surface area contributed by atoms with E-state index >= 15 is 0 Å². The van der Waals surface area contributed by atoms with E-state index in [9.17, 15) is 4.79 Å². The zero-order chi connectivity index (χ0) is 30.9. The van der Waals surface area contributed by atoms with Crippen LogP contribution in [0.2, 0.25) is 0 Å². The van der Waals surface area contributed by atoms with Crippen LogP contribution in [0, 0.1) is 0 Å². The topological polar surface area (TPSA) is 51.2 Å². The number of hydrogen-bond donors (Lipinski definition) is 0. The molecule has 2 aliphatic rings. The SMILES string of the molecule is CC(ON1C(C)(C)CCCC1(C)C)c1ccc(COC(=O)c2ccc(C(C)ON3C(C)(C)CCCC3(C)C)cc2)cc1. The van der Waals surface area contributed by atoms with Crippen LogP contribution in [0.25, 0.3) is 0 Å². The van der Waals surface area contributed by atoms with Crippen LogP contribution in [0.1, 0.15) is 147 Å². The van der Waals surface area contributed by atoms with Gasteiger partial charge in [0.25, 0.3) is 0 Å². The molecule has 4 rings (SSSR count). The fourth-order valence-electron chi connectivity index (χ4n) is 6.97. The first-order valence-corrected chi connectivity index (χ1v) is 15.8. The standard InChI is InChI=1S/C36H54N2O4/c1-26(41-37-33(3,4)21-11-22-34(37,5)6)29-15-13-28(14-16-29)25-40-32(39)31-19-17-30(18-20-31)27(2)42-38-35(7,8)23-12-24-36(38,9)10/h13-20,26-27H,11-12,21-25H2,1-10H3. The Balaban J connectivity index is 1.30. The van der Waals surface area contributed by atoms with Crippen LogP contribution < -0.4 is 0 Å². The average Bonchev–Trinajstić information content (AvgIpc) is 2.91. The van der Waals surface area contributed by atoms with Crippen molar-refractivity contribution in [2.24, 2.45) is 0 Å². The summed E-state index contributed by atoms with van der Waals surface area (Å²) in [5, 5.41) is 4.39. The molecule has 2 aromatic carbocycles. The van der Waals surface area contributed by atoms with Crippen molar-refractivity contribution in [3.05, 3.63) is 70.8 Å². The highest BCUT2D eigenvalue weighted by atomic mass is 16.7. The molecule has 0 aromatic heterocycles. The van der Waals surface area contributed by atoms with E-state index in [2.05, 4.69) is 91.5 Å². The number of hydrogen-bond acceptors (Lipinski definition) is 6. The third-order valence-corrected chi connectivity index (χ3v) is 9.32. The maximum atomic E-state index is 12.8. The molecule has 0 N–H and O–H groups in total. The molecule has 0 bridgehead atoms. The van der Waals surface area contributed by atoms with Gasteiger partial charge in [-0.1, -0.05) is 36.4 Å². The van der Waals surface area contributed by atoms with Crippen LogP contribution in [0.4, 0.5) is 0 Å². The van der Waals surface area contributed by atoms with Gasteiger partial charge in [0.1, 0.15) is 18.8 Å². The molecular weight excluding hydrogens is 524 g/mol. The first-order chi connectivity index (χ1) is 19.5. The second-order valence-electron chi connectivity index (χ2n) is 15.0. The van der Waals surface area contributed by atoms with E-state index in [1.165, 1.54) is 12.8 Å². The van der Waals surface area contributed by atoms with Crippen molar-refractivity contribution in [2.45, 2.75) is 149 Å². The Morgan fingerprint density at radius 2 is 1.00 bits per heavy atom. The van der Waals surface area contributed by atoms with Gasteiger partial charge >= 0.3 is 5.97 Å². The molecule has 2 heterocycles. The summed E-state index contributed by atoms with van der Waals surface area (Å²) in [4.78, 5) is 25.9. The zero-order valence-corrected chi connectivity index (χ0v) is 27.8. The highest BCUT2D eigenvalue weighted by Gasteiger charge is 2.44. The Labute approximate surface area is 254 Å². The average molecular weight is 579 g/mol. The highest BCUT2D eigenvalue weighted by molar-refractivity contribution is 5.89. The lowest BCUT2D eigenvalue weighted by Crippen LogP contribution is -2.58. The number of carbonyl (C=O) groups excluding carboxylic acids is 1. The lowest BCUT2D eigenvalue weighted by atomic mass is 9.82. The maximum Gasteiger partial charge on any atom is 0.338 e. The van der Waals surface area contributed by atoms with Crippen LogP contribution in [0.3, 0.4) is 0 Å². The van der Waals surface area contributed by atoms with Gasteiger partial charge in [-0.25, -0.2) is 4.79 Å². The van der Waals surface area contributed by atoms with E-state index in [4.69, 9.17) is 14.4 Å². The Bertz CT molecular complexity index is 1170. The first-order valence-electron chi connectivity index (χ1n) is 15.8. The summed E-state index contributed by atoms with van der Waals surface area (Å²) in [6, 6.07) is 15.8. The molecular formula is C36H54N2O4. The van der Waals surface area contributed by atoms with Gasteiger partial charge < -0.3 is 4.74 Å². The summed E-state index contributed by atoms with van der Waals surface area (Å²) in [6.07, 6.45) is 6.69. The number of rotatable bonds is 9. The molecule has 0 saturated carbocycles. The van der Waals surface area contributed by atoms with Crippen LogP contribution in [0.15, 0.2) is 48.5 Å². The maximum absolute atomic E-state index is 12.8. The molecule has 2 unspecified atom stereocenters. The second-order valence-corrected chi connectivity index (χ2v) is 15.0. The van der Waals surface area contributed by atoms with Crippen molar-refractivity contribution in [3.8, 4) is 0 Å². The molecule has 6 heteroatoms. The molecule has 6 nitrogen and oxygen atoms in total. The van der Waals surface area contributed by atoms with Crippen molar-refractivity contribution in [1.29, 1.82) is 0 Å². The van der Waals surface area contributed by atoms with Crippen molar-refractivity contribution in [1.82, 2.24) is 10.1 Å². The Kier molecular flexibility index (Phi) is 9.64. The van der Waals surface area contributed by atoms with Gasteiger partial charge in [-0.3, -0.25) is 9.68 Å². The predicted molar refractivity (Wildman–Crippen MR) is 169 cm³/mol. The van der Waals surface area contributed by atoms with Gasteiger partial charge in [0.15, 0.2) is 0 Å². The van der Waals surface area contributed by atoms with Gasteiger partial charge in [0.2, 0.25) is 0 Å². The molecule has 0 radical (unpaired) electrons. The molecule has 42 heavy (non-hydrogen) atoms. The van der Waals surface area contributed by atoms with Crippen molar-refractivity contribution in [2.75, 3.05) is 0 Å². The summed E-state index contributed by atoms with van der Waals surface area (Å²) >= 11 is 0. The van der Waals surface area contributed by atoms with Crippen LogP contribution in [-0.2, 0) is 21.0 Å². The van der Waals surface area contributed by atoms with Gasteiger partial charge in [0.05, 0.1) is 5.56 Å². The molecule has 0 spiro atoms. The van der Waals surface area contributed by atoms with Crippen molar-refractivity contribution < 1.29 is 19.2 Å². The smallest absolute Gasteiger partial charge is 0.338 e. The number of piperidine rings is 2. The molecule has 2 atom stereocenters. The molecule has 2 aliphatic heterocycles. The third-order valence-electron chi connectivity index (χ3n) is 9.32. The Morgan fingerprint density at radius 3 is 1.38 bits per heavy atom. The van der Waals surface area contributed by atoms with Crippen LogP contribution in [0.5, 0.6) is 0 Å². The Hall–Kier alpha value is -2.25. The van der Waals surface area contributed by atoms with Gasteiger partial charge in [-0.15, -0.1) is 0 Å². The monoisotopic (exact) mass is 578 g/mol. The van der Waals surface area contributed by atoms with Gasteiger partial charge in [0, 0.05) is 22.2 Å². The molecule has 2 aromatic rings. The van der Waals surface area contributed by atoms with Crippen LogP contribution >= 0.6 is 0 Å². The molecule has 0 amide bonds. The normalized spacial score (nSPS) is 23.2. The number of esters is 1. The van der Waals surface area contributed by atoms with Gasteiger partial charge in [-0.05, 0) is 137 Å². The lowest BCUT2D eigenvalue weighted by Gasteiger charge is -2.52. The third kappa shape index (κ3) is 7.45. The van der Waals surface area contributed by atoms with Gasteiger partial charge in [-0.2, -0.15) is 10.1 Å². The van der Waals surface area contributed by atoms with E-state index in [1.807, 2.05) is 36.4 Å². The largest absolute Gasteiger partial charge is 0.457 e. The molecule has 0 aliphatic carbocycles. The fourth-order valence-corrected chi connectivity index (χ4v) is 6.97. The summed E-state index contributed by atoms with van der Waals surface area (Å²) in [7, 11) is 0. The summed E-state index contributed by atoms with van der Waals surface area (Å²) in [5.41, 5.74) is 3.56. The van der Waals surface area contributed by atoms with E-state index in [1.54, 1.807) is 0 Å². The highest BCUT2D eigenvalue weighted by Crippen LogP contribution is 2.41. The number of carbonyl (C=O) groups is 1. The second kappa shape index (κ2) is 12.4.